The summed E-state index contributed by atoms with van der Waals surface area (Å²) in [6.07, 6.45) is -0.980. The number of esters is 1. The minimum atomic E-state index is -3.80. The molecule has 0 atom stereocenters. The Kier molecular flexibility index (Phi) is 4.78. The van der Waals surface area contributed by atoms with Crippen LogP contribution in [0.1, 0.15) is 18.9 Å². The van der Waals surface area contributed by atoms with Crippen LogP contribution >= 0.6 is 11.6 Å². The average Bonchev–Trinajstić information content (AvgIpc) is 2.29. The van der Waals surface area contributed by atoms with Crippen molar-refractivity contribution in [2.75, 3.05) is 6.61 Å². The van der Waals surface area contributed by atoms with Crippen LogP contribution in [-0.2, 0) is 20.2 Å². The number of ether oxygens (including phenoxy) is 1. The largest absolute Gasteiger partial charge is 0.466 e. The zero-order valence-corrected chi connectivity index (χ0v) is 10.3. The van der Waals surface area contributed by atoms with Crippen LogP contribution in [0.2, 0.25) is 5.02 Å². The van der Waals surface area contributed by atoms with Crippen LogP contribution in [0.5, 0.6) is 0 Å². The van der Waals surface area contributed by atoms with Crippen molar-refractivity contribution in [2.45, 2.75) is 19.3 Å². The highest BCUT2D eigenvalue weighted by Crippen LogP contribution is 2.34. The zero-order valence-electron chi connectivity index (χ0n) is 9.58. The van der Waals surface area contributed by atoms with Gasteiger partial charge in [0.05, 0.1) is 11.6 Å². The van der Waals surface area contributed by atoms with Gasteiger partial charge >= 0.3 is 11.9 Å². The molecule has 0 fully saturated rings. The molecule has 0 radical (unpaired) electrons. The molecule has 0 bridgehead atoms. The van der Waals surface area contributed by atoms with E-state index in [4.69, 9.17) is 11.6 Å². The van der Waals surface area contributed by atoms with Crippen molar-refractivity contribution >= 4 is 23.4 Å². The molecule has 3 nitrogen and oxygen atoms in total. The predicted octanol–water partition coefficient (Wildman–Crippen LogP) is 2.95. The highest BCUT2D eigenvalue weighted by atomic mass is 35.5. The van der Waals surface area contributed by atoms with Crippen molar-refractivity contribution in [3.8, 4) is 0 Å². The van der Waals surface area contributed by atoms with Crippen LogP contribution < -0.4 is 0 Å². The summed E-state index contributed by atoms with van der Waals surface area (Å²) in [5, 5.41) is -0.222. The topological polar surface area (TPSA) is 43.4 Å². The summed E-state index contributed by atoms with van der Waals surface area (Å²) >= 11 is 5.60. The highest BCUT2D eigenvalue weighted by Gasteiger charge is 2.42. The molecule has 18 heavy (non-hydrogen) atoms. The molecular formula is C12H11ClF2O3. The van der Waals surface area contributed by atoms with Gasteiger partial charge in [0.1, 0.15) is 6.42 Å². The fourth-order valence-corrected chi connectivity index (χ4v) is 1.57. The summed E-state index contributed by atoms with van der Waals surface area (Å²) in [7, 11) is 0. The maximum Gasteiger partial charge on any atom is 0.332 e. The molecule has 0 spiro atoms. The first-order valence-electron chi connectivity index (χ1n) is 5.21. The lowest BCUT2D eigenvalue weighted by atomic mass is 10.0. The summed E-state index contributed by atoms with van der Waals surface area (Å²) in [6.45, 7) is 1.55. The maximum absolute atomic E-state index is 13.8. The summed E-state index contributed by atoms with van der Waals surface area (Å²) in [5.41, 5.74) is -0.610. The average molecular weight is 277 g/mol. The van der Waals surface area contributed by atoms with E-state index in [0.29, 0.717) is 0 Å². The van der Waals surface area contributed by atoms with Gasteiger partial charge in [-0.25, -0.2) is 0 Å². The smallest absolute Gasteiger partial charge is 0.332 e. The van der Waals surface area contributed by atoms with Crippen molar-refractivity contribution in [1.29, 1.82) is 0 Å². The van der Waals surface area contributed by atoms with Gasteiger partial charge in [0.15, 0.2) is 0 Å². The molecule has 0 aliphatic rings. The van der Waals surface area contributed by atoms with E-state index in [1.807, 2.05) is 0 Å². The van der Waals surface area contributed by atoms with E-state index in [0.717, 1.165) is 6.07 Å². The van der Waals surface area contributed by atoms with Gasteiger partial charge in [-0.15, -0.1) is 0 Å². The Bertz CT molecular complexity index is 460. The lowest BCUT2D eigenvalue weighted by Crippen LogP contribution is -2.29. The molecule has 1 aromatic carbocycles. The number of rotatable bonds is 5. The van der Waals surface area contributed by atoms with Gasteiger partial charge in [-0.3, -0.25) is 9.59 Å². The quantitative estimate of drug-likeness (QED) is 0.613. The first-order valence-corrected chi connectivity index (χ1v) is 5.59. The fourth-order valence-electron chi connectivity index (χ4n) is 1.32. The van der Waals surface area contributed by atoms with Gasteiger partial charge in [0, 0.05) is 5.56 Å². The molecule has 98 valence electrons. The molecule has 0 aromatic heterocycles. The highest BCUT2D eigenvalue weighted by molar-refractivity contribution is 6.31. The Morgan fingerprint density at radius 1 is 1.33 bits per heavy atom. The molecule has 0 N–H and O–H groups in total. The summed E-state index contributed by atoms with van der Waals surface area (Å²) < 4.78 is 32.0. The standard InChI is InChI=1S/C12H11ClF2O3/c1-2-18-11(17)7-10(16)12(14,15)8-5-3-4-6-9(8)13/h3-6H,2,7H2,1H3. The molecule has 0 saturated heterocycles. The first-order chi connectivity index (χ1) is 8.39. The van der Waals surface area contributed by atoms with Gasteiger partial charge in [-0.1, -0.05) is 29.8 Å². The van der Waals surface area contributed by atoms with Gasteiger partial charge in [0.2, 0.25) is 5.78 Å². The Labute approximate surface area is 108 Å². The van der Waals surface area contributed by atoms with E-state index < -0.39 is 29.7 Å². The van der Waals surface area contributed by atoms with Crippen molar-refractivity contribution in [3.05, 3.63) is 34.9 Å². The molecular weight excluding hydrogens is 266 g/mol. The minimum Gasteiger partial charge on any atom is -0.466 e. The van der Waals surface area contributed by atoms with Gasteiger partial charge in [0.25, 0.3) is 0 Å². The van der Waals surface area contributed by atoms with Crippen LogP contribution in [0.4, 0.5) is 8.78 Å². The van der Waals surface area contributed by atoms with Crippen molar-refractivity contribution < 1.29 is 23.1 Å². The Balaban J connectivity index is 2.90. The number of Topliss-reactive ketones (excluding diaryl/α,β-unsaturated/α-hetero) is 1. The molecule has 0 amide bonds. The lowest BCUT2D eigenvalue weighted by molar-refractivity contribution is -0.154. The predicted molar refractivity (Wildman–Crippen MR) is 61.6 cm³/mol. The number of halogens is 3. The summed E-state index contributed by atoms with van der Waals surface area (Å²) in [4.78, 5) is 22.4. The second-order valence-electron chi connectivity index (χ2n) is 3.46. The fraction of sp³-hybridized carbons (Fsp3) is 0.333. The van der Waals surface area contributed by atoms with Crippen LogP contribution in [-0.4, -0.2) is 18.4 Å². The molecule has 0 aliphatic carbocycles. The van der Waals surface area contributed by atoms with Gasteiger partial charge in [-0.2, -0.15) is 8.78 Å². The Morgan fingerprint density at radius 2 is 1.94 bits per heavy atom. The third-order valence-electron chi connectivity index (χ3n) is 2.17. The van der Waals surface area contributed by atoms with Gasteiger partial charge in [-0.05, 0) is 13.0 Å². The van der Waals surface area contributed by atoms with Crippen molar-refractivity contribution in [1.82, 2.24) is 0 Å². The number of alkyl halides is 2. The zero-order chi connectivity index (χ0) is 13.8. The van der Waals surface area contributed by atoms with E-state index >= 15 is 0 Å². The van der Waals surface area contributed by atoms with E-state index in [2.05, 4.69) is 4.74 Å². The third kappa shape index (κ3) is 3.26. The molecule has 0 heterocycles. The van der Waals surface area contributed by atoms with Crippen LogP contribution in [0.15, 0.2) is 24.3 Å². The number of ketones is 1. The van der Waals surface area contributed by atoms with Crippen molar-refractivity contribution in [3.63, 3.8) is 0 Å². The minimum absolute atomic E-state index is 0.0315. The molecule has 0 aliphatic heterocycles. The number of hydrogen-bond donors (Lipinski definition) is 0. The molecule has 0 unspecified atom stereocenters. The molecule has 1 rings (SSSR count). The number of carbonyl (C=O) groups excluding carboxylic acids is 2. The second kappa shape index (κ2) is 5.91. The van der Waals surface area contributed by atoms with E-state index in [1.54, 1.807) is 0 Å². The summed E-state index contributed by atoms with van der Waals surface area (Å²) in [5.74, 6) is -6.31. The third-order valence-corrected chi connectivity index (χ3v) is 2.50. The number of carbonyl (C=O) groups is 2. The monoisotopic (exact) mass is 276 g/mol. The summed E-state index contributed by atoms with van der Waals surface area (Å²) in [6, 6.07) is 5.11. The van der Waals surface area contributed by atoms with E-state index in [9.17, 15) is 18.4 Å². The SMILES string of the molecule is CCOC(=O)CC(=O)C(F)(F)c1ccccc1Cl. The number of benzene rings is 1. The Hall–Kier alpha value is -1.49. The van der Waals surface area contributed by atoms with Gasteiger partial charge < -0.3 is 4.74 Å². The molecule has 6 heteroatoms. The van der Waals surface area contributed by atoms with Crippen LogP contribution in [0, 0.1) is 0 Å². The normalized spacial score (nSPS) is 11.1. The Morgan fingerprint density at radius 3 is 2.50 bits per heavy atom. The molecule has 1 aromatic rings. The lowest BCUT2D eigenvalue weighted by Gasteiger charge is -2.16. The van der Waals surface area contributed by atoms with E-state index in [-0.39, 0.29) is 11.6 Å². The van der Waals surface area contributed by atoms with Crippen LogP contribution in [0.3, 0.4) is 0 Å². The van der Waals surface area contributed by atoms with Crippen LogP contribution in [0.25, 0.3) is 0 Å². The number of hydrogen-bond acceptors (Lipinski definition) is 3. The molecule has 0 saturated carbocycles. The first kappa shape index (κ1) is 14.6. The van der Waals surface area contributed by atoms with E-state index in [1.165, 1.54) is 25.1 Å². The maximum atomic E-state index is 13.8. The van der Waals surface area contributed by atoms with Crippen molar-refractivity contribution in [2.24, 2.45) is 0 Å². The second-order valence-corrected chi connectivity index (χ2v) is 3.87.